The van der Waals surface area contributed by atoms with E-state index in [1.54, 1.807) is 43.4 Å². The van der Waals surface area contributed by atoms with Crippen LogP contribution in [-0.2, 0) is 16.0 Å². The van der Waals surface area contributed by atoms with Crippen LogP contribution in [0.5, 0.6) is 11.5 Å². The van der Waals surface area contributed by atoms with Crippen molar-refractivity contribution in [2.45, 2.75) is 12.5 Å². The average Bonchev–Trinajstić information content (AvgIpc) is 2.84. The monoisotopic (exact) mass is 472 g/mol. The number of amides is 1. The second-order valence-electron chi connectivity index (χ2n) is 7.67. The highest BCUT2D eigenvalue weighted by molar-refractivity contribution is 6.30. The number of hydrogen-bond acceptors (Lipinski definition) is 6. The van der Waals surface area contributed by atoms with Gasteiger partial charge in [0.2, 0.25) is 0 Å². The van der Waals surface area contributed by atoms with Gasteiger partial charge in [0.15, 0.2) is 11.5 Å². The van der Waals surface area contributed by atoms with Gasteiger partial charge in [0, 0.05) is 42.3 Å². The molecule has 1 aliphatic rings. The van der Waals surface area contributed by atoms with E-state index in [2.05, 4.69) is 6.58 Å². The fourth-order valence-corrected chi connectivity index (χ4v) is 4.22. The number of esters is 1. The second-order valence-corrected chi connectivity index (χ2v) is 8.11. The lowest BCUT2D eigenvalue weighted by atomic mass is 10.0. The fourth-order valence-electron chi connectivity index (χ4n) is 4.09. The third kappa shape index (κ3) is 5.49. The molecule has 0 radical (unpaired) electrons. The number of allylic oxidation sites excluding steroid dienone is 1. The topological polar surface area (TPSA) is 68.3 Å². The fraction of sp³-hybridized carbons (Fsp3) is 0.360. The molecule has 1 unspecified atom stereocenters. The molecule has 1 fully saturated rings. The van der Waals surface area contributed by atoms with Gasteiger partial charge in [-0.3, -0.25) is 9.69 Å². The summed E-state index contributed by atoms with van der Waals surface area (Å²) in [6, 6.07) is 10.1. The zero-order valence-electron chi connectivity index (χ0n) is 19.2. The van der Waals surface area contributed by atoms with Crippen molar-refractivity contribution in [2.24, 2.45) is 0 Å². The van der Waals surface area contributed by atoms with Gasteiger partial charge in [-0.05, 0) is 36.2 Å². The van der Waals surface area contributed by atoms with E-state index < -0.39 is 6.04 Å². The van der Waals surface area contributed by atoms with E-state index in [4.69, 9.17) is 25.8 Å². The molecule has 1 amide bonds. The maximum atomic E-state index is 13.3. The highest BCUT2D eigenvalue weighted by atomic mass is 35.5. The molecule has 8 heteroatoms. The van der Waals surface area contributed by atoms with E-state index in [0.29, 0.717) is 54.7 Å². The summed E-state index contributed by atoms with van der Waals surface area (Å²) in [4.78, 5) is 29.6. The number of methoxy groups -OCH3 is 3. The van der Waals surface area contributed by atoms with Crippen molar-refractivity contribution in [1.29, 1.82) is 0 Å². The summed E-state index contributed by atoms with van der Waals surface area (Å²) in [6.07, 6.45) is 2.31. The van der Waals surface area contributed by atoms with Crippen molar-refractivity contribution in [3.63, 3.8) is 0 Å². The molecule has 0 bridgehead atoms. The van der Waals surface area contributed by atoms with Gasteiger partial charge in [-0.25, -0.2) is 4.79 Å². The van der Waals surface area contributed by atoms with Crippen LogP contribution < -0.4 is 9.47 Å². The number of benzene rings is 2. The maximum absolute atomic E-state index is 13.3. The van der Waals surface area contributed by atoms with E-state index in [-0.39, 0.29) is 11.9 Å². The SMILES string of the molecule is C=CCc1cc(C(=O)N2CCN(C(C(=O)OC)c3ccc(Cl)cc3)CC2)cc(OC)c1OC. The molecule has 3 rings (SSSR count). The number of carbonyl (C=O) groups is 2. The minimum Gasteiger partial charge on any atom is -0.493 e. The highest BCUT2D eigenvalue weighted by Gasteiger charge is 2.33. The first-order valence-corrected chi connectivity index (χ1v) is 11.0. The average molecular weight is 473 g/mol. The first-order valence-electron chi connectivity index (χ1n) is 10.7. The zero-order chi connectivity index (χ0) is 24.0. The Kier molecular flexibility index (Phi) is 8.36. The lowest BCUT2D eigenvalue weighted by molar-refractivity contribution is -0.148. The Bertz CT molecular complexity index is 1000. The normalized spacial score (nSPS) is 15.0. The Morgan fingerprint density at radius 1 is 1.06 bits per heavy atom. The van der Waals surface area contributed by atoms with Crippen LogP contribution in [-0.4, -0.2) is 69.2 Å². The molecule has 0 aliphatic carbocycles. The van der Waals surface area contributed by atoms with Crippen molar-refractivity contribution < 1.29 is 23.8 Å². The number of carbonyl (C=O) groups excluding carboxylic acids is 2. The molecule has 0 aromatic heterocycles. The van der Waals surface area contributed by atoms with Gasteiger partial charge in [-0.1, -0.05) is 29.8 Å². The van der Waals surface area contributed by atoms with Crippen LogP contribution in [0.25, 0.3) is 0 Å². The molecule has 0 spiro atoms. The van der Waals surface area contributed by atoms with Gasteiger partial charge in [0.1, 0.15) is 6.04 Å². The minimum atomic E-state index is -0.551. The van der Waals surface area contributed by atoms with E-state index in [1.807, 2.05) is 23.1 Å². The number of hydrogen-bond donors (Lipinski definition) is 0. The quantitative estimate of drug-likeness (QED) is 0.430. The summed E-state index contributed by atoms with van der Waals surface area (Å²) in [7, 11) is 4.50. The van der Waals surface area contributed by atoms with E-state index in [0.717, 1.165) is 11.1 Å². The first kappa shape index (κ1) is 24.6. The molecule has 7 nitrogen and oxygen atoms in total. The van der Waals surface area contributed by atoms with Crippen LogP contribution in [0.3, 0.4) is 0 Å². The van der Waals surface area contributed by atoms with E-state index in [9.17, 15) is 9.59 Å². The molecular formula is C25H29ClN2O5. The third-order valence-corrected chi connectivity index (χ3v) is 6.00. The smallest absolute Gasteiger partial charge is 0.327 e. The van der Waals surface area contributed by atoms with Gasteiger partial charge in [-0.15, -0.1) is 6.58 Å². The second kappa shape index (κ2) is 11.2. The van der Waals surface area contributed by atoms with Crippen LogP contribution in [0.2, 0.25) is 5.02 Å². The number of rotatable bonds is 8. The zero-order valence-corrected chi connectivity index (χ0v) is 19.9. The largest absolute Gasteiger partial charge is 0.493 e. The molecule has 176 valence electrons. The van der Waals surface area contributed by atoms with Crippen molar-refractivity contribution >= 4 is 23.5 Å². The summed E-state index contributed by atoms with van der Waals surface area (Å²) in [5, 5.41) is 0.600. The summed E-state index contributed by atoms with van der Waals surface area (Å²) >= 11 is 6.00. The molecule has 2 aromatic rings. The van der Waals surface area contributed by atoms with Crippen molar-refractivity contribution in [3.05, 3.63) is 70.8 Å². The van der Waals surface area contributed by atoms with Gasteiger partial charge in [0.05, 0.1) is 21.3 Å². The molecule has 0 saturated carbocycles. The first-order chi connectivity index (χ1) is 15.9. The lowest BCUT2D eigenvalue weighted by Gasteiger charge is -2.38. The van der Waals surface area contributed by atoms with Crippen LogP contribution in [0.15, 0.2) is 49.1 Å². The Balaban J connectivity index is 1.77. The van der Waals surface area contributed by atoms with Crippen molar-refractivity contribution in [2.75, 3.05) is 47.5 Å². The van der Waals surface area contributed by atoms with Gasteiger partial charge < -0.3 is 19.1 Å². The van der Waals surface area contributed by atoms with Crippen LogP contribution in [0.1, 0.15) is 27.5 Å². The summed E-state index contributed by atoms with van der Waals surface area (Å²) in [5.74, 6) is 0.670. The third-order valence-electron chi connectivity index (χ3n) is 5.74. The van der Waals surface area contributed by atoms with Crippen molar-refractivity contribution in [1.82, 2.24) is 9.80 Å². The maximum Gasteiger partial charge on any atom is 0.327 e. The predicted octanol–water partition coefficient (Wildman–Crippen LogP) is 3.76. The van der Waals surface area contributed by atoms with Gasteiger partial charge in [-0.2, -0.15) is 0 Å². The van der Waals surface area contributed by atoms with E-state index in [1.165, 1.54) is 7.11 Å². The van der Waals surface area contributed by atoms with Crippen LogP contribution in [0.4, 0.5) is 0 Å². The van der Waals surface area contributed by atoms with E-state index >= 15 is 0 Å². The number of nitrogens with zero attached hydrogens (tertiary/aromatic N) is 2. The van der Waals surface area contributed by atoms with Gasteiger partial charge in [0.25, 0.3) is 5.91 Å². The molecule has 1 aliphatic heterocycles. The molecular weight excluding hydrogens is 444 g/mol. The molecule has 0 N–H and O–H groups in total. The van der Waals surface area contributed by atoms with Crippen LogP contribution in [0, 0.1) is 0 Å². The minimum absolute atomic E-state index is 0.0953. The number of halogens is 1. The molecule has 33 heavy (non-hydrogen) atoms. The summed E-state index contributed by atoms with van der Waals surface area (Å²) in [5.41, 5.74) is 2.17. The molecule has 2 aromatic carbocycles. The Hall–Kier alpha value is -3.03. The van der Waals surface area contributed by atoms with Crippen LogP contribution >= 0.6 is 11.6 Å². The van der Waals surface area contributed by atoms with Crippen molar-refractivity contribution in [3.8, 4) is 11.5 Å². The van der Waals surface area contributed by atoms with Gasteiger partial charge >= 0.3 is 5.97 Å². The predicted molar refractivity (Wildman–Crippen MR) is 127 cm³/mol. The standard InChI is InChI=1S/C25H29ClN2O5/c1-5-6-18-15-19(16-21(31-2)23(18)32-3)24(29)28-13-11-27(12-14-28)22(25(30)33-4)17-7-9-20(26)10-8-17/h5,7-10,15-16,22H,1,6,11-14H2,2-4H3. The molecule has 1 atom stereocenters. The number of ether oxygens (including phenoxy) is 3. The molecule has 1 saturated heterocycles. The Morgan fingerprint density at radius 2 is 1.73 bits per heavy atom. The summed E-state index contributed by atoms with van der Waals surface area (Å²) < 4.78 is 16.0. The number of piperazine rings is 1. The summed E-state index contributed by atoms with van der Waals surface area (Å²) in [6.45, 7) is 5.80. The lowest BCUT2D eigenvalue weighted by Crippen LogP contribution is -2.51. The Morgan fingerprint density at radius 3 is 2.27 bits per heavy atom. The highest BCUT2D eigenvalue weighted by Crippen LogP contribution is 2.34. The molecule has 1 heterocycles. The Labute approximate surface area is 199 Å².